The summed E-state index contributed by atoms with van der Waals surface area (Å²) in [6.07, 6.45) is -4.49. The lowest BCUT2D eigenvalue weighted by Crippen LogP contribution is -2.45. The summed E-state index contributed by atoms with van der Waals surface area (Å²) >= 11 is 8.57. The molecule has 16 heavy (non-hydrogen) atoms. The Labute approximate surface area is 101 Å². The summed E-state index contributed by atoms with van der Waals surface area (Å²) in [6.45, 7) is -0.542. The molecule has 1 atom stereocenters. The molecule has 1 aromatic heterocycles. The highest BCUT2D eigenvalue weighted by Gasteiger charge is 2.46. The molecule has 2 rings (SSSR count). The fourth-order valence-electron chi connectivity index (χ4n) is 1.43. The van der Waals surface area contributed by atoms with E-state index in [1.165, 1.54) is 0 Å². The van der Waals surface area contributed by atoms with Crippen LogP contribution in [0, 0.1) is 0 Å². The molecule has 0 radical (unpaired) electrons. The van der Waals surface area contributed by atoms with Gasteiger partial charge in [-0.25, -0.2) is 4.68 Å². The van der Waals surface area contributed by atoms with Crippen molar-refractivity contribution in [2.45, 2.75) is 12.2 Å². The predicted molar refractivity (Wildman–Crippen MR) is 52.4 cm³/mol. The van der Waals surface area contributed by atoms with Crippen molar-refractivity contribution in [3.8, 4) is 0 Å². The van der Waals surface area contributed by atoms with Gasteiger partial charge in [0.25, 0.3) is 5.91 Å². The second-order valence-corrected chi connectivity index (χ2v) is 4.29. The van der Waals surface area contributed by atoms with Gasteiger partial charge < -0.3 is 5.32 Å². The number of aromatic nitrogens is 2. The maximum atomic E-state index is 12.6. The number of hydrogen-bond acceptors (Lipinski definition) is 2. The quantitative estimate of drug-likeness (QED) is 0.797. The second-order valence-electron chi connectivity index (χ2n) is 3.17. The van der Waals surface area contributed by atoms with Crippen molar-refractivity contribution in [2.24, 2.45) is 0 Å². The summed E-state index contributed by atoms with van der Waals surface area (Å²) in [5.74, 6) is -0.663. The van der Waals surface area contributed by atoms with Gasteiger partial charge in [-0.05, 0) is 15.9 Å². The molecule has 0 spiro atoms. The maximum Gasteiger partial charge on any atom is 0.412 e. The summed E-state index contributed by atoms with van der Waals surface area (Å²) in [5, 5.41) is 5.57. The van der Waals surface area contributed by atoms with Crippen LogP contribution in [-0.4, -0.2) is 28.4 Å². The van der Waals surface area contributed by atoms with E-state index in [1.807, 2.05) is 0 Å². The van der Waals surface area contributed by atoms with E-state index in [-0.39, 0.29) is 15.3 Å². The Morgan fingerprint density at radius 2 is 2.19 bits per heavy atom. The number of nitrogens with one attached hydrogen (secondary N) is 1. The van der Waals surface area contributed by atoms with E-state index >= 15 is 0 Å². The van der Waals surface area contributed by atoms with Crippen LogP contribution >= 0.6 is 27.5 Å². The summed E-state index contributed by atoms with van der Waals surface area (Å²) in [7, 11) is 0. The minimum Gasteiger partial charge on any atom is -0.348 e. The Balaban J connectivity index is 2.58. The lowest BCUT2D eigenvalue weighted by atomic mass is 10.2. The van der Waals surface area contributed by atoms with Crippen molar-refractivity contribution in [3.63, 3.8) is 0 Å². The summed E-state index contributed by atoms with van der Waals surface area (Å²) < 4.78 is 38.5. The van der Waals surface area contributed by atoms with Crippen LogP contribution in [0.3, 0.4) is 0 Å². The fourth-order valence-corrected chi connectivity index (χ4v) is 2.00. The van der Waals surface area contributed by atoms with Gasteiger partial charge in [-0.15, -0.1) is 0 Å². The average Bonchev–Trinajstić information content (AvgIpc) is 2.42. The number of carbonyl (C=O) groups is 1. The molecule has 1 aromatic rings. The Morgan fingerprint density at radius 1 is 1.56 bits per heavy atom. The first-order chi connectivity index (χ1) is 7.32. The number of carbonyl (C=O) groups excluding carboxylic acids is 1. The summed E-state index contributed by atoms with van der Waals surface area (Å²) in [5.41, 5.74) is -0.276. The highest BCUT2D eigenvalue weighted by molar-refractivity contribution is 9.10. The van der Waals surface area contributed by atoms with Crippen molar-refractivity contribution >= 4 is 33.4 Å². The van der Waals surface area contributed by atoms with Crippen molar-refractivity contribution < 1.29 is 18.0 Å². The molecule has 1 aliphatic rings. The number of nitrogens with zero attached hydrogens (tertiary/aromatic N) is 2. The van der Waals surface area contributed by atoms with Crippen LogP contribution in [0.2, 0.25) is 5.02 Å². The molecule has 88 valence electrons. The molecule has 0 fully saturated rings. The van der Waals surface area contributed by atoms with Crippen LogP contribution in [0.5, 0.6) is 0 Å². The number of amides is 1. The molecule has 2 heterocycles. The molecule has 0 bridgehead atoms. The monoisotopic (exact) mass is 317 g/mol. The van der Waals surface area contributed by atoms with Gasteiger partial charge in [0.2, 0.25) is 0 Å². The first-order valence-electron chi connectivity index (χ1n) is 4.10. The number of rotatable bonds is 0. The van der Waals surface area contributed by atoms with Gasteiger partial charge in [0, 0.05) is 6.54 Å². The fraction of sp³-hybridized carbons (Fsp3) is 0.429. The Hall–Kier alpha value is -0.760. The molecular weight excluding hydrogens is 314 g/mol. The predicted octanol–water partition coefficient (Wildman–Crippen LogP) is 2.15. The van der Waals surface area contributed by atoms with Gasteiger partial charge in [0.15, 0.2) is 6.04 Å². The third-order valence-electron chi connectivity index (χ3n) is 2.16. The number of halogens is 5. The first kappa shape index (κ1) is 11.7. The Bertz CT molecular complexity index is 458. The molecule has 1 unspecified atom stereocenters. The van der Waals surface area contributed by atoms with Crippen LogP contribution in [-0.2, 0) is 0 Å². The van der Waals surface area contributed by atoms with Crippen molar-refractivity contribution in [1.82, 2.24) is 15.1 Å². The number of fused-ring (bicyclic) bond motifs is 1. The van der Waals surface area contributed by atoms with Crippen LogP contribution in [0.4, 0.5) is 13.2 Å². The number of alkyl halides is 3. The van der Waals surface area contributed by atoms with Gasteiger partial charge in [0.05, 0.1) is 0 Å². The Kier molecular flexibility index (Phi) is 2.66. The zero-order chi connectivity index (χ0) is 12.1. The van der Waals surface area contributed by atoms with E-state index in [2.05, 4.69) is 26.3 Å². The minimum absolute atomic E-state index is 0.0236. The third-order valence-corrected chi connectivity index (χ3v) is 3.30. The molecule has 4 nitrogen and oxygen atoms in total. The van der Waals surface area contributed by atoms with Gasteiger partial charge in [0.1, 0.15) is 15.3 Å². The highest BCUT2D eigenvalue weighted by atomic mass is 79.9. The lowest BCUT2D eigenvalue weighted by molar-refractivity contribution is -0.170. The average molecular weight is 318 g/mol. The largest absolute Gasteiger partial charge is 0.412 e. The van der Waals surface area contributed by atoms with Crippen LogP contribution in [0.15, 0.2) is 4.60 Å². The van der Waals surface area contributed by atoms with E-state index in [4.69, 9.17) is 11.6 Å². The van der Waals surface area contributed by atoms with E-state index in [1.54, 1.807) is 0 Å². The summed E-state index contributed by atoms with van der Waals surface area (Å²) in [6, 6.07) is -1.89. The highest BCUT2D eigenvalue weighted by Crippen LogP contribution is 2.36. The molecule has 0 aliphatic carbocycles. The topological polar surface area (TPSA) is 46.9 Å². The van der Waals surface area contributed by atoms with Crippen molar-refractivity contribution in [2.75, 3.05) is 6.54 Å². The molecule has 0 aromatic carbocycles. The van der Waals surface area contributed by atoms with Crippen LogP contribution in [0.25, 0.3) is 0 Å². The van der Waals surface area contributed by atoms with Gasteiger partial charge >= 0.3 is 6.18 Å². The van der Waals surface area contributed by atoms with E-state index < -0.39 is 24.7 Å². The normalized spacial score (nSPS) is 20.6. The maximum absolute atomic E-state index is 12.6. The molecule has 0 saturated heterocycles. The molecule has 9 heteroatoms. The molecular formula is C7H4BrClF3N3O. The zero-order valence-electron chi connectivity index (χ0n) is 7.48. The zero-order valence-corrected chi connectivity index (χ0v) is 9.82. The van der Waals surface area contributed by atoms with Gasteiger partial charge in [-0.1, -0.05) is 11.6 Å². The molecule has 1 aliphatic heterocycles. The van der Waals surface area contributed by atoms with E-state index in [9.17, 15) is 18.0 Å². The molecule has 1 amide bonds. The SMILES string of the molecule is O=C1NCC(C(F)(F)F)n2nc(Br)c(Cl)c21. The molecule has 1 N–H and O–H groups in total. The van der Waals surface area contributed by atoms with E-state index in [0.29, 0.717) is 4.68 Å². The minimum atomic E-state index is -4.49. The Morgan fingerprint density at radius 3 is 2.75 bits per heavy atom. The van der Waals surface area contributed by atoms with Crippen LogP contribution in [0.1, 0.15) is 16.5 Å². The second kappa shape index (κ2) is 3.63. The van der Waals surface area contributed by atoms with E-state index in [0.717, 1.165) is 0 Å². The number of hydrogen-bond donors (Lipinski definition) is 1. The summed E-state index contributed by atoms with van der Waals surface area (Å²) in [4.78, 5) is 11.3. The molecule has 0 saturated carbocycles. The smallest absolute Gasteiger partial charge is 0.348 e. The van der Waals surface area contributed by atoms with Gasteiger partial charge in [-0.3, -0.25) is 4.79 Å². The lowest BCUT2D eigenvalue weighted by Gasteiger charge is -2.26. The standard InChI is InChI=1S/C7H4BrClF3N3O/c8-5-3(9)4-6(16)13-1-2(7(10,11)12)15(4)14-5/h2H,1H2,(H,13,16). The van der Waals surface area contributed by atoms with Gasteiger partial charge in [-0.2, -0.15) is 18.3 Å². The first-order valence-corrected chi connectivity index (χ1v) is 5.28. The van der Waals surface area contributed by atoms with Crippen molar-refractivity contribution in [1.29, 1.82) is 0 Å². The van der Waals surface area contributed by atoms with Crippen LogP contribution < -0.4 is 5.32 Å². The van der Waals surface area contributed by atoms with Crippen molar-refractivity contribution in [3.05, 3.63) is 15.3 Å². The third kappa shape index (κ3) is 1.69.